The highest BCUT2D eigenvalue weighted by atomic mass is 35.5. The van der Waals surface area contributed by atoms with Gasteiger partial charge in [0.25, 0.3) is 0 Å². The van der Waals surface area contributed by atoms with E-state index >= 15 is 0 Å². The van der Waals surface area contributed by atoms with Gasteiger partial charge >= 0.3 is 0 Å². The van der Waals surface area contributed by atoms with Crippen LogP contribution in [-0.4, -0.2) is 13.0 Å². The van der Waals surface area contributed by atoms with Gasteiger partial charge in [0.2, 0.25) is 5.91 Å². The maximum Gasteiger partial charge on any atom is 0.223 e. The van der Waals surface area contributed by atoms with Crippen LogP contribution < -0.4 is 10.6 Å². The average molecular weight is 253 g/mol. The van der Waals surface area contributed by atoms with Crippen molar-refractivity contribution in [3.8, 4) is 0 Å². The van der Waals surface area contributed by atoms with Crippen LogP contribution in [0.25, 0.3) is 0 Å². The highest BCUT2D eigenvalue weighted by molar-refractivity contribution is 6.31. The van der Waals surface area contributed by atoms with Crippen molar-refractivity contribution < 1.29 is 4.79 Å². The predicted octanol–water partition coefficient (Wildman–Crippen LogP) is 2.09. The molecule has 2 N–H and O–H groups in total. The molecule has 0 atom stereocenters. The fraction of sp³-hybridized carbons (Fsp3) is 0.462. The first-order valence-electron chi connectivity index (χ1n) is 5.90. The molecule has 0 aliphatic heterocycles. The van der Waals surface area contributed by atoms with E-state index in [1.54, 1.807) is 0 Å². The van der Waals surface area contributed by atoms with Crippen LogP contribution in [0.1, 0.15) is 24.0 Å². The van der Waals surface area contributed by atoms with E-state index in [1.807, 2.05) is 25.2 Å². The lowest BCUT2D eigenvalue weighted by Gasteiger charge is -2.09. The van der Waals surface area contributed by atoms with Gasteiger partial charge in [0.05, 0.1) is 0 Å². The Bertz CT molecular complexity index is 416. The van der Waals surface area contributed by atoms with Gasteiger partial charge in [-0.05, 0) is 37.1 Å². The number of carbonyl (C=O) groups is 1. The number of carbonyl (C=O) groups excluding carboxylic acids is 1. The van der Waals surface area contributed by atoms with Crippen molar-refractivity contribution in [2.75, 3.05) is 7.05 Å². The molecule has 17 heavy (non-hydrogen) atoms. The van der Waals surface area contributed by atoms with E-state index in [1.165, 1.54) is 5.56 Å². The highest BCUT2D eigenvalue weighted by Gasteiger charge is 2.29. The highest BCUT2D eigenvalue weighted by Crippen LogP contribution is 2.29. The molecule has 1 aliphatic carbocycles. The van der Waals surface area contributed by atoms with Gasteiger partial charge in [-0.3, -0.25) is 4.79 Å². The summed E-state index contributed by atoms with van der Waals surface area (Å²) < 4.78 is 0. The third-order valence-electron chi connectivity index (χ3n) is 2.89. The summed E-state index contributed by atoms with van der Waals surface area (Å²) in [6, 6.07) is 5.91. The standard InChI is InChI=1S/C13H17ClN2O/c1-15-7-9-2-5-12(14)11(6-9)8-16-13(17)10-3-4-10/h2,5-6,10,15H,3-4,7-8H2,1H3,(H,16,17). The minimum atomic E-state index is 0.153. The van der Waals surface area contributed by atoms with E-state index in [0.29, 0.717) is 11.6 Å². The minimum Gasteiger partial charge on any atom is -0.352 e. The van der Waals surface area contributed by atoms with Crippen LogP contribution in [0.2, 0.25) is 5.02 Å². The number of hydrogen-bond acceptors (Lipinski definition) is 2. The molecule has 1 aliphatic rings. The first-order valence-corrected chi connectivity index (χ1v) is 6.28. The molecule has 0 saturated heterocycles. The topological polar surface area (TPSA) is 41.1 Å². The summed E-state index contributed by atoms with van der Waals surface area (Å²) in [6.07, 6.45) is 2.05. The van der Waals surface area contributed by atoms with Gasteiger partial charge in [0.1, 0.15) is 0 Å². The van der Waals surface area contributed by atoms with Crippen LogP contribution in [-0.2, 0) is 17.9 Å². The van der Waals surface area contributed by atoms with Crippen LogP contribution in [0.5, 0.6) is 0 Å². The fourth-order valence-corrected chi connectivity index (χ4v) is 1.93. The lowest BCUT2D eigenvalue weighted by atomic mass is 10.1. The molecule has 92 valence electrons. The van der Waals surface area contributed by atoms with Crippen LogP contribution in [0.15, 0.2) is 18.2 Å². The van der Waals surface area contributed by atoms with Gasteiger partial charge in [-0.15, -0.1) is 0 Å². The molecule has 0 unspecified atom stereocenters. The number of amides is 1. The zero-order valence-corrected chi connectivity index (χ0v) is 10.7. The average Bonchev–Trinajstić information content (AvgIpc) is 3.13. The van der Waals surface area contributed by atoms with Crippen molar-refractivity contribution in [1.82, 2.24) is 10.6 Å². The van der Waals surface area contributed by atoms with Gasteiger partial charge in [0, 0.05) is 24.0 Å². The Morgan fingerprint density at radius 3 is 2.82 bits per heavy atom. The summed E-state index contributed by atoms with van der Waals surface area (Å²) in [5, 5.41) is 6.73. The fourth-order valence-electron chi connectivity index (χ4n) is 1.75. The molecule has 2 rings (SSSR count). The molecule has 1 amide bonds. The van der Waals surface area contributed by atoms with E-state index in [4.69, 9.17) is 11.6 Å². The molecule has 4 heteroatoms. The van der Waals surface area contributed by atoms with Crippen molar-refractivity contribution in [3.63, 3.8) is 0 Å². The molecule has 1 saturated carbocycles. The van der Waals surface area contributed by atoms with Crippen molar-refractivity contribution in [1.29, 1.82) is 0 Å². The van der Waals surface area contributed by atoms with Gasteiger partial charge < -0.3 is 10.6 Å². The van der Waals surface area contributed by atoms with E-state index in [0.717, 1.165) is 24.9 Å². The summed E-state index contributed by atoms with van der Waals surface area (Å²) in [5.41, 5.74) is 2.15. The molecule has 0 radical (unpaired) electrons. The van der Waals surface area contributed by atoms with Gasteiger partial charge in [-0.25, -0.2) is 0 Å². The second-order valence-corrected chi connectivity index (χ2v) is 4.86. The SMILES string of the molecule is CNCc1ccc(Cl)c(CNC(=O)C2CC2)c1. The first kappa shape index (κ1) is 12.4. The van der Waals surface area contributed by atoms with Gasteiger partial charge in [-0.2, -0.15) is 0 Å². The molecule has 0 aromatic heterocycles. The molecule has 1 aromatic carbocycles. The van der Waals surface area contributed by atoms with Crippen molar-refractivity contribution >= 4 is 17.5 Å². The minimum absolute atomic E-state index is 0.153. The smallest absolute Gasteiger partial charge is 0.223 e. The number of benzene rings is 1. The van der Waals surface area contributed by atoms with E-state index in [-0.39, 0.29) is 11.8 Å². The van der Waals surface area contributed by atoms with Gasteiger partial charge in [0.15, 0.2) is 0 Å². The quantitative estimate of drug-likeness (QED) is 0.843. The third-order valence-corrected chi connectivity index (χ3v) is 3.26. The molecular formula is C13H17ClN2O. The maximum atomic E-state index is 11.5. The third kappa shape index (κ3) is 3.45. The lowest BCUT2D eigenvalue weighted by Crippen LogP contribution is -2.24. The zero-order valence-electron chi connectivity index (χ0n) is 9.92. The maximum absolute atomic E-state index is 11.5. The van der Waals surface area contributed by atoms with Crippen LogP contribution in [0, 0.1) is 5.92 Å². The molecule has 0 bridgehead atoms. The summed E-state index contributed by atoms with van der Waals surface area (Å²) in [5.74, 6) is 0.398. The number of rotatable bonds is 5. The number of nitrogens with one attached hydrogen (secondary N) is 2. The lowest BCUT2D eigenvalue weighted by molar-refractivity contribution is -0.122. The Morgan fingerprint density at radius 2 is 2.18 bits per heavy atom. The Balaban J connectivity index is 1.97. The van der Waals surface area contributed by atoms with Crippen LogP contribution >= 0.6 is 11.6 Å². The largest absolute Gasteiger partial charge is 0.352 e. The molecule has 0 spiro atoms. The Morgan fingerprint density at radius 1 is 1.41 bits per heavy atom. The van der Waals surface area contributed by atoms with Crippen LogP contribution in [0.4, 0.5) is 0 Å². The summed E-state index contributed by atoms with van der Waals surface area (Å²) >= 11 is 6.10. The Hall–Kier alpha value is -1.06. The summed E-state index contributed by atoms with van der Waals surface area (Å²) in [6.45, 7) is 1.33. The van der Waals surface area contributed by atoms with E-state index in [9.17, 15) is 4.79 Å². The summed E-state index contributed by atoms with van der Waals surface area (Å²) in [7, 11) is 1.91. The van der Waals surface area contributed by atoms with Crippen molar-refractivity contribution in [2.45, 2.75) is 25.9 Å². The van der Waals surface area contributed by atoms with Crippen LogP contribution in [0.3, 0.4) is 0 Å². The number of hydrogen-bond donors (Lipinski definition) is 2. The normalized spacial score (nSPS) is 14.7. The first-order chi connectivity index (χ1) is 8.20. The second-order valence-electron chi connectivity index (χ2n) is 4.45. The van der Waals surface area contributed by atoms with E-state index < -0.39 is 0 Å². The Labute approximate surface area is 107 Å². The van der Waals surface area contributed by atoms with Crippen molar-refractivity contribution in [2.24, 2.45) is 5.92 Å². The number of halogens is 1. The monoisotopic (exact) mass is 252 g/mol. The molecule has 3 nitrogen and oxygen atoms in total. The Kier molecular flexibility index (Phi) is 4.02. The van der Waals surface area contributed by atoms with Gasteiger partial charge in [-0.1, -0.05) is 23.7 Å². The van der Waals surface area contributed by atoms with Crippen molar-refractivity contribution in [3.05, 3.63) is 34.3 Å². The molecular weight excluding hydrogens is 236 g/mol. The predicted molar refractivity (Wildman–Crippen MR) is 68.8 cm³/mol. The second kappa shape index (κ2) is 5.52. The molecule has 1 aromatic rings. The van der Waals surface area contributed by atoms with E-state index in [2.05, 4.69) is 10.6 Å². The molecule has 0 heterocycles. The zero-order chi connectivity index (χ0) is 12.3. The molecule has 1 fully saturated rings. The summed E-state index contributed by atoms with van der Waals surface area (Å²) in [4.78, 5) is 11.5.